The van der Waals surface area contributed by atoms with Crippen molar-refractivity contribution in [3.05, 3.63) is 65.3 Å². The van der Waals surface area contributed by atoms with Crippen LogP contribution in [0.3, 0.4) is 0 Å². The molecule has 1 aliphatic rings. The molecule has 1 fully saturated rings. The summed E-state index contributed by atoms with van der Waals surface area (Å²) < 4.78 is 5.27. The molecule has 6 nitrogen and oxygen atoms in total. The monoisotopic (exact) mass is 430 g/mol. The smallest absolute Gasteiger partial charge is 0.258 e. The SMILES string of the molecule is [B]CN1CC(C)(C(c2ccc(C(C)C)cc2)c2cncc(-c3noc(C(C)(C)O)n3)c2)C1. The van der Waals surface area contributed by atoms with Crippen LogP contribution in [0.1, 0.15) is 69.0 Å². The number of likely N-dealkylation sites (tertiary alicyclic amines) is 1. The number of rotatable bonds is 7. The van der Waals surface area contributed by atoms with Crippen molar-refractivity contribution in [2.45, 2.75) is 52.1 Å². The summed E-state index contributed by atoms with van der Waals surface area (Å²) in [4.78, 5) is 11.1. The van der Waals surface area contributed by atoms with Gasteiger partial charge < -0.3 is 14.5 Å². The van der Waals surface area contributed by atoms with Crippen molar-refractivity contribution in [1.29, 1.82) is 0 Å². The molecule has 3 aromatic rings. The number of aliphatic hydroxyl groups is 1. The van der Waals surface area contributed by atoms with Crippen LogP contribution in [0.4, 0.5) is 0 Å². The third-order valence-corrected chi connectivity index (χ3v) is 6.36. The highest BCUT2D eigenvalue weighted by atomic mass is 16.5. The Morgan fingerprint density at radius 1 is 1.12 bits per heavy atom. The molecule has 0 spiro atoms. The van der Waals surface area contributed by atoms with E-state index in [4.69, 9.17) is 12.4 Å². The van der Waals surface area contributed by atoms with Crippen molar-refractivity contribution in [2.24, 2.45) is 5.41 Å². The minimum atomic E-state index is -1.19. The lowest BCUT2D eigenvalue weighted by Crippen LogP contribution is -2.57. The molecule has 1 unspecified atom stereocenters. The number of hydrogen-bond donors (Lipinski definition) is 1. The van der Waals surface area contributed by atoms with Gasteiger partial charge in [0.1, 0.15) is 5.60 Å². The van der Waals surface area contributed by atoms with E-state index in [1.54, 1.807) is 20.0 Å². The molecule has 0 bridgehead atoms. The molecule has 2 aromatic heterocycles. The first-order chi connectivity index (χ1) is 15.1. The van der Waals surface area contributed by atoms with E-state index in [2.05, 4.69) is 71.1 Å². The van der Waals surface area contributed by atoms with E-state index in [0.29, 0.717) is 18.2 Å². The quantitative estimate of drug-likeness (QED) is 0.570. The third kappa shape index (κ3) is 4.37. The number of benzene rings is 1. The van der Waals surface area contributed by atoms with Gasteiger partial charge in [0.2, 0.25) is 5.82 Å². The molecule has 0 saturated carbocycles. The normalized spacial score (nSPS) is 17.3. The predicted molar refractivity (Wildman–Crippen MR) is 125 cm³/mol. The first-order valence-electron chi connectivity index (χ1n) is 11.1. The molecule has 1 atom stereocenters. The van der Waals surface area contributed by atoms with Gasteiger partial charge in [-0.15, -0.1) is 0 Å². The molecule has 3 heterocycles. The fourth-order valence-corrected chi connectivity index (χ4v) is 4.68. The van der Waals surface area contributed by atoms with Gasteiger partial charge in [0.25, 0.3) is 5.89 Å². The highest BCUT2D eigenvalue weighted by molar-refractivity contribution is 6.08. The molecule has 1 aliphatic heterocycles. The Hall–Kier alpha value is -2.51. The molecule has 1 aromatic carbocycles. The van der Waals surface area contributed by atoms with Crippen LogP contribution in [0.15, 0.2) is 47.2 Å². The molecule has 1 N–H and O–H groups in total. The summed E-state index contributed by atoms with van der Waals surface area (Å²) in [7, 11) is 5.89. The molecule has 2 radical (unpaired) electrons. The summed E-state index contributed by atoms with van der Waals surface area (Å²) in [6.45, 7) is 11.8. The Kier molecular flexibility index (Phi) is 5.99. The van der Waals surface area contributed by atoms with E-state index in [1.165, 1.54) is 11.1 Å². The first kappa shape index (κ1) is 22.7. The fourth-order valence-electron chi connectivity index (χ4n) is 4.68. The zero-order valence-electron chi connectivity index (χ0n) is 19.5. The van der Waals surface area contributed by atoms with E-state index in [-0.39, 0.29) is 17.2 Å². The second-order valence-corrected chi connectivity index (χ2v) is 10.1. The molecular weight excluding hydrogens is 399 g/mol. The van der Waals surface area contributed by atoms with Gasteiger partial charge in [0.15, 0.2) is 0 Å². The Balaban J connectivity index is 1.73. The second kappa shape index (κ2) is 8.45. The number of nitrogens with zero attached hydrogens (tertiary/aromatic N) is 4. The van der Waals surface area contributed by atoms with Crippen LogP contribution >= 0.6 is 0 Å². The van der Waals surface area contributed by atoms with E-state index < -0.39 is 5.60 Å². The summed E-state index contributed by atoms with van der Waals surface area (Å²) in [5.41, 5.74) is 3.31. The lowest BCUT2D eigenvalue weighted by atomic mass is 9.65. The summed E-state index contributed by atoms with van der Waals surface area (Å²) in [5.74, 6) is 1.25. The first-order valence-corrected chi connectivity index (χ1v) is 11.1. The highest BCUT2D eigenvalue weighted by Crippen LogP contribution is 2.47. The van der Waals surface area contributed by atoms with Crippen molar-refractivity contribution >= 4 is 7.85 Å². The molecule has 166 valence electrons. The predicted octanol–water partition coefficient (Wildman–Crippen LogP) is 4.06. The highest BCUT2D eigenvalue weighted by Gasteiger charge is 2.45. The van der Waals surface area contributed by atoms with Crippen molar-refractivity contribution < 1.29 is 9.63 Å². The minimum absolute atomic E-state index is 0.0362. The maximum Gasteiger partial charge on any atom is 0.258 e. The Morgan fingerprint density at radius 2 is 1.78 bits per heavy atom. The lowest BCUT2D eigenvalue weighted by Gasteiger charge is -2.53. The average molecular weight is 430 g/mol. The van der Waals surface area contributed by atoms with Gasteiger partial charge >= 0.3 is 0 Å². The zero-order valence-corrected chi connectivity index (χ0v) is 19.5. The zero-order chi connectivity index (χ0) is 23.1. The second-order valence-electron chi connectivity index (χ2n) is 10.1. The van der Waals surface area contributed by atoms with Gasteiger partial charge in [-0.05, 0) is 49.0 Å². The molecule has 7 heteroatoms. The van der Waals surface area contributed by atoms with E-state index in [9.17, 15) is 5.11 Å². The van der Waals surface area contributed by atoms with Gasteiger partial charge in [-0.3, -0.25) is 4.98 Å². The average Bonchev–Trinajstić information content (AvgIpc) is 3.23. The van der Waals surface area contributed by atoms with Crippen LogP contribution in [-0.2, 0) is 5.60 Å². The Labute approximate surface area is 191 Å². The van der Waals surface area contributed by atoms with Gasteiger partial charge in [-0.25, -0.2) is 0 Å². The van der Waals surface area contributed by atoms with Crippen LogP contribution in [-0.4, -0.2) is 52.5 Å². The lowest BCUT2D eigenvalue weighted by molar-refractivity contribution is 0.0176. The molecule has 4 rings (SSSR count). The summed E-state index contributed by atoms with van der Waals surface area (Å²) in [6.07, 6.45) is 4.23. The Bertz CT molecular complexity index is 1070. The minimum Gasteiger partial charge on any atom is -0.381 e. The van der Waals surface area contributed by atoms with Gasteiger partial charge in [0.05, 0.1) is 7.85 Å². The van der Waals surface area contributed by atoms with Crippen LogP contribution in [0.5, 0.6) is 0 Å². The summed E-state index contributed by atoms with van der Waals surface area (Å²) >= 11 is 0. The molecule has 1 saturated heterocycles. The number of pyridine rings is 1. The largest absolute Gasteiger partial charge is 0.381 e. The summed E-state index contributed by atoms with van der Waals surface area (Å²) in [6, 6.07) is 11.0. The maximum atomic E-state index is 10.2. The van der Waals surface area contributed by atoms with Crippen molar-refractivity contribution in [3.8, 4) is 11.4 Å². The third-order valence-electron chi connectivity index (χ3n) is 6.36. The summed E-state index contributed by atoms with van der Waals surface area (Å²) in [5, 5.41) is 14.2. The van der Waals surface area contributed by atoms with E-state index >= 15 is 0 Å². The van der Waals surface area contributed by atoms with Crippen LogP contribution < -0.4 is 0 Å². The van der Waals surface area contributed by atoms with Crippen LogP contribution in [0.25, 0.3) is 11.4 Å². The van der Waals surface area contributed by atoms with Crippen molar-refractivity contribution in [1.82, 2.24) is 20.0 Å². The standard InChI is InChI=1S/C25H31BN4O2/c1-16(2)17-6-8-18(9-7-17)21(25(5)13-30(14-25)15-26)19-10-20(12-27-11-19)22-28-23(32-29-22)24(3,4)31/h6-12,16,21,31H,13-15H2,1-5H3. The van der Waals surface area contributed by atoms with Crippen molar-refractivity contribution in [3.63, 3.8) is 0 Å². The van der Waals surface area contributed by atoms with Gasteiger partial charge in [0, 0.05) is 42.4 Å². The number of aromatic nitrogens is 3. The van der Waals surface area contributed by atoms with E-state index in [1.807, 2.05) is 6.20 Å². The molecule has 32 heavy (non-hydrogen) atoms. The van der Waals surface area contributed by atoms with Crippen LogP contribution in [0.2, 0.25) is 0 Å². The topological polar surface area (TPSA) is 75.3 Å². The maximum absolute atomic E-state index is 10.2. The van der Waals surface area contributed by atoms with Gasteiger partial charge in [-0.1, -0.05) is 50.2 Å². The molecule has 0 aliphatic carbocycles. The van der Waals surface area contributed by atoms with Gasteiger partial charge in [-0.2, -0.15) is 4.98 Å². The fraction of sp³-hybridized carbons (Fsp3) is 0.480. The molecule has 0 amide bonds. The van der Waals surface area contributed by atoms with E-state index in [0.717, 1.165) is 24.2 Å². The van der Waals surface area contributed by atoms with Crippen LogP contribution in [0, 0.1) is 5.41 Å². The van der Waals surface area contributed by atoms with Crippen molar-refractivity contribution in [2.75, 3.05) is 19.5 Å². The Morgan fingerprint density at radius 3 is 2.34 bits per heavy atom. The molecular formula is C25H31BN4O2. The number of hydrogen-bond acceptors (Lipinski definition) is 6.